The summed E-state index contributed by atoms with van der Waals surface area (Å²) in [5.74, 6) is 0. The number of aryl methyl sites for hydroxylation is 1. The summed E-state index contributed by atoms with van der Waals surface area (Å²) >= 11 is 1.86. The van der Waals surface area contributed by atoms with Crippen LogP contribution < -0.4 is 5.32 Å². The summed E-state index contributed by atoms with van der Waals surface area (Å²) in [4.78, 5) is 2.74. The zero-order chi connectivity index (χ0) is 13.2. The smallest absolute Gasteiger partial charge is 0.105 e. The van der Waals surface area contributed by atoms with Crippen molar-refractivity contribution in [3.8, 4) is 0 Å². The SMILES string of the molecule is Cc1sc(CNC(C)(C)C)cc1COC1COC1. The number of rotatable bonds is 5. The Balaban J connectivity index is 1.85. The van der Waals surface area contributed by atoms with Gasteiger partial charge in [-0.2, -0.15) is 0 Å². The van der Waals surface area contributed by atoms with E-state index in [-0.39, 0.29) is 5.54 Å². The molecule has 1 aromatic heterocycles. The third-order valence-electron chi connectivity index (χ3n) is 2.95. The van der Waals surface area contributed by atoms with Gasteiger partial charge >= 0.3 is 0 Å². The van der Waals surface area contributed by atoms with E-state index < -0.39 is 0 Å². The molecule has 0 aromatic carbocycles. The minimum atomic E-state index is 0.165. The van der Waals surface area contributed by atoms with Gasteiger partial charge in [0, 0.05) is 21.8 Å². The Bertz CT molecular complexity index is 391. The van der Waals surface area contributed by atoms with Crippen LogP contribution in [0.5, 0.6) is 0 Å². The van der Waals surface area contributed by atoms with Crippen molar-refractivity contribution in [2.24, 2.45) is 0 Å². The van der Waals surface area contributed by atoms with Gasteiger partial charge < -0.3 is 14.8 Å². The van der Waals surface area contributed by atoms with Crippen LogP contribution in [0.3, 0.4) is 0 Å². The average Bonchev–Trinajstić information content (AvgIpc) is 2.54. The van der Waals surface area contributed by atoms with Crippen LogP contribution in [0.15, 0.2) is 6.07 Å². The van der Waals surface area contributed by atoms with E-state index in [2.05, 4.69) is 39.1 Å². The summed E-state index contributed by atoms with van der Waals surface area (Å²) < 4.78 is 10.9. The highest BCUT2D eigenvalue weighted by atomic mass is 32.1. The van der Waals surface area contributed by atoms with Crippen molar-refractivity contribution in [1.82, 2.24) is 5.32 Å². The van der Waals surface area contributed by atoms with Crippen LogP contribution in [0.1, 0.15) is 36.1 Å². The Labute approximate surface area is 113 Å². The van der Waals surface area contributed by atoms with Crippen molar-refractivity contribution in [3.63, 3.8) is 0 Å². The molecule has 4 heteroatoms. The molecule has 0 unspecified atom stereocenters. The van der Waals surface area contributed by atoms with E-state index in [1.165, 1.54) is 15.3 Å². The highest BCUT2D eigenvalue weighted by Crippen LogP contribution is 2.23. The summed E-state index contributed by atoms with van der Waals surface area (Å²) in [6.45, 7) is 11.9. The Morgan fingerprint density at radius 2 is 2.17 bits per heavy atom. The lowest BCUT2D eigenvalue weighted by atomic mass is 10.1. The molecular formula is C14H23NO2S. The van der Waals surface area contributed by atoms with Crippen molar-refractivity contribution in [3.05, 3.63) is 21.4 Å². The van der Waals surface area contributed by atoms with E-state index in [9.17, 15) is 0 Å². The van der Waals surface area contributed by atoms with E-state index in [4.69, 9.17) is 9.47 Å². The molecule has 1 saturated heterocycles. The second-order valence-electron chi connectivity index (χ2n) is 5.87. The van der Waals surface area contributed by atoms with E-state index in [0.29, 0.717) is 12.7 Å². The van der Waals surface area contributed by atoms with Gasteiger partial charge in [-0.05, 0) is 39.3 Å². The molecular weight excluding hydrogens is 246 g/mol. The highest BCUT2D eigenvalue weighted by Gasteiger charge is 2.19. The molecule has 3 nitrogen and oxygen atoms in total. The summed E-state index contributed by atoms with van der Waals surface area (Å²) in [5, 5.41) is 3.52. The van der Waals surface area contributed by atoms with Gasteiger partial charge in [0.15, 0.2) is 0 Å². The molecule has 2 heterocycles. The largest absolute Gasteiger partial charge is 0.376 e. The predicted molar refractivity (Wildman–Crippen MR) is 75.0 cm³/mol. The van der Waals surface area contributed by atoms with E-state index in [1.54, 1.807) is 0 Å². The maximum Gasteiger partial charge on any atom is 0.105 e. The first-order valence-corrected chi connectivity index (χ1v) is 7.28. The van der Waals surface area contributed by atoms with Crippen LogP contribution in [-0.4, -0.2) is 24.9 Å². The van der Waals surface area contributed by atoms with Crippen LogP contribution in [-0.2, 0) is 22.6 Å². The molecule has 1 N–H and O–H groups in total. The Kier molecular flexibility index (Phi) is 4.43. The number of hydrogen-bond donors (Lipinski definition) is 1. The van der Waals surface area contributed by atoms with Gasteiger partial charge in [-0.3, -0.25) is 0 Å². The van der Waals surface area contributed by atoms with Gasteiger partial charge in [0.2, 0.25) is 0 Å². The van der Waals surface area contributed by atoms with E-state index in [1.807, 2.05) is 11.3 Å². The molecule has 0 atom stereocenters. The van der Waals surface area contributed by atoms with Crippen LogP contribution in [0, 0.1) is 6.92 Å². The maximum absolute atomic E-state index is 5.76. The fourth-order valence-corrected chi connectivity index (χ4v) is 2.68. The molecule has 0 amide bonds. The van der Waals surface area contributed by atoms with Crippen LogP contribution in [0.4, 0.5) is 0 Å². The lowest BCUT2D eigenvalue weighted by Gasteiger charge is -2.25. The van der Waals surface area contributed by atoms with Gasteiger partial charge in [0.25, 0.3) is 0 Å². The normalized spacial score (nSPS) is 16.9. The minimum Gasteiger partial charge on any atom is -0.376 e. The van der Waals surface area contributed by atoms with Crippen molar-refractivity contribution in [2.45, 2.75) is 52.5 Å². The Hall–Kier alpha value is -0.420. The molecule has 0 aliphatic carbocycles. The Morgan fingerprint density at radius 3 is 2.72 bits per heavy atom. The van der Waals surface area contributed by atoms with Gasteiger partial charge in [-0.15, -0.1) is 11.3 Å². The molecule has 102 valence electrons. The zero-order valence-electron chi connectivity index (χ0n) is 11.7. The molecule has 0 spiro atoms. The van der Waals surface area contributed by atoms with Crippen LogP contribution in [0.2, 0.25) is 0 Å². The first-order valence-electron chi connectivity index (χ1n) is 6.46. The van der Waals surface area contributed by atoms with E-state index >= 15 is 0 Å². The second kappa shape index (κ2) is 5.70. The zero-order valence-corrected chi connectivity index (χ0v) is 12.5. The third-order valence-corrected chi connectivity index (χ3v) is 4.04. The van der Waals surface area contributed by atoms with Crippen molar-refractivity contribution >= 4 is 11.3 Å². The standard InChI is InChI=1S/C14H23NO2S/c1-10-11(7-17-12-8-16-9-12)5-13(18-10)6-15-14(2,3)4/h5,12,15H,6-9H2,1-4H3. The average molecular weight is 269 g/mol. The van der Waals surface area contributed by atoms with Crippen molar-refractivity contribution in [1.29, 1.82) is 0 Å². The molecule has 0 saturated carbocycles. The molecule has 0 radical (unpaired) electrons. The number of thiophene rings is 1. The van der Waals surface area contributed by atoms with Crippen molar-refractivity contribution in [2.75, 3.05) is 13.2 Å². The molecule has 1 aliphatic rings. The molecule has 1 aliphatic heterocycles. The van der Waals surface area contributed by atoms with Gasteiger partial charge in [-0.1, -0.05) is 0 Å². The summed E-state index contributed by atoms with van der Waals surface area (Å²) in [6, 6.07) is 2.26. The molecule has 1 fully saturated rings. The lowest BCUT2D eigenvalue weighted by molar-refractivity contribution is -0.135. The molecule has 1 aromatic rings. The lowest BCUT2D eigenvalue weighted by Crippen LogP contribution is -2.35. The summed E-state index contributed by atoms with van der Waals surface area (Å²) in [5.41, 5.74) is 1.48. The number of nitrogens with one attached hydrogen (secondary N) is 1. The molecule has 0 bridgehead atoms. The van der Waals surface area contributed by atoms with Gasteiger partial charge in [0.1, 0.15) is 6.10 Å². The highest BCUT2D eigenvalue weighted by molar-refractivity contribution is 7.12. The maximum atomic E-state index is 5.76. The topological polar surface area (TPSA) is 30.5 Å². The fraction of sp³-hybridized carbons (Fsp3) is 0.714. The second-order valence-corrected chi connectivity index (χ2v) is 7.21. The first-order chi connectivity index (χ1) is 8.44. The number of hydrogen-bond acceptors (Lipinski definition) is 4. The third kappa shape index (κ3) is 4.05. The quantitative estimate of drug-likeness (QED) is 0.891. The first kappa shape index (κ1) is 14.0. The van der Waals surface area contributed by atoms with Gasteiger partial charge in [-0.25, -0.2) is 0 Å². The monoisotopic (exact) mass is 269 g/mol. The van der Waals surface area contributed by atoms with Gasteiger partial charge in [0.05, 0.1) is 19.8 Å². The Morgan fingerprint density at radius 1 is 1.44 bits per heavy atom. The summed E-state index contributed by atoms with van der Waals surface area (Å²) in [7, 11) is 0. The van der Waals surface area contributed by atoms with E-state index in [0.717, 1.165) is 19.8 Å². The predicted octanol–water partition coefficient (Wildman–Crippen LogP) is 2.86. The van der Waals surface area contributed by atoms with Crippen LogP contribution >= 0.6 is 11.3 Å². The fourth-order valence-electron chi connectivity index (χ4n) is 1.69. The van der Waals surface area contributed by atoms with Crippen LogP contribution in [0.25, 0.3) is 0 Å². The van der Waals surface area contributed by atoms with Crippen molar-refractivity contribution < 1.29 is 9.47 Å². The molecule has 2 rings (SSSR count). The summed E-state index contributed by atoms with van der Waals surface area (Å²) in [6.07, 6.45) is 0.306. The number of ether oxygens (including phenoxy) is 2. The molecule has 18 heavy (non-hydrogen) atoms. The minimum absolute atomic E-state index is 0.165.